The minimum Gasteiger partial charge on any atom is -0.328 e. The van der Waals surface area contributed by atoms with Gasteiger partial charge in [-0.1, -0.05) is 5.21 Å². The third-order valence-corrected chi connectivity index (χ3v) is 3.85. The average molecular weight is 283 g/mol. The second kappa shape index (κ2) is 5.76. The molecule has 0 aliphatic heterocycles. The highest BCUT2D eigenvalue weighted by Gasteiger charge is 2.12. The van der Waals surface area contributed by atoms with E-state index in [4.69, 9.17) is 0 Å². The summed E-state index contributed by atoms with van der Waals surface area (Å²) in [5.41, 5.74) is -0.342. The van der Waals surface area contributed by atoms with Gasteiger partial charge < -0.3 is 4.98 Å². The predicted octanol–water partition coefficient (Wildman–Crippen LogP) is -0.665. The fourth-order valence-electron chi connectivity index (χ4n) is 1.45. The number of H-pyrrole nitrogens is 1. The molecular formula is C10H13N5O3S. The van der Waals surface area contributed by atoms with Gasteiger partial charge in [0.1, 0.15) is 0 Å². The van der Waals surface area contributed by atoms with Crippen molar-refractivity contribution in [1.29, 1.82) is 0 Å². The van der Waals surface area contributed by atoms with Gasteiger partial charge in [-0.2, -0.15) is 0 Å². The molecule has 0 radical (unpaired) electrons. The van der Waals surface area contributed by atoms with E-state index in [2.05, 4.69) is 20.0 Å². The lowest BCUT2D eigenvalue weighted by molar-refractivity contribution is 0.542. The largest absolute Gasteiger partial charge is 0.328 e. The maximum atomic E-state index is 11.8. The molecule has 0 saturated carbocycles. The number of nitrogens with zero attached hydrogens (tertiary/aromatic N) is 3. The average Bonchev–Trinajstić information content (AvgIpc) is 2.88. The van der Waals surface area contributed by atoms with Crippen LogP contribution in [0.2, 0.25) is 0 Å². The molecule has 2 aromatic rings. The van der Waals surface area contributed by atoms with Crippen LogP contribution in [0.1, 0.15) is 6.42 Å². The van der Waals surface area contributed by atoms with Gasteiger partial charge in [-0.3, -0.25) is 9.48 Å². The van der Waals surface area contributed by atoms with Crippen LogP contribution in [0.5, 0.6) is 0 Å². The minimum absolute atomic E-state index is 0.0351. The van der Waals surface area contributed by atoms with Gasteiger partial charge in [-0.25, -0.2) is 13.1 Å². The van der Waals surface area contributed by atoms with Crippen molar-refractivity contribution >= 4 is 10.0 Å². The van der Waals surface area contributed by atoms with Crippen LogP contribution in [0.25, 0.3) is 0 Å². The Morgan fingerprint density at radius 1 is 1.37 bits per heavy atom. The summed E-state index contributed by atoms with van der Waals surface area (Å²) in [6.07, 6.45) is 5.02. The lowest BCUT2D eigenvalue weighted by Gasteiger charge is -2.06. The van der Waals surface area contributed by atoms with Gasteiger partial charge in [0.25, 0.3) is 0 Å². The molecule has 9 heteroatoms. The number of hydrogen-bond acceptors (Lipinski definition) is 5. The molecule has 0 atom stereocenters. The molecule has 8 nitrogen and oxygen atoms in total. The Balaban J connectivity index is 1.87. The standard InChI is InChI=1S/C10H13N5O3S/c16-10-3-2-9(8-11-10)19(17,18)13-4-1-6-15-7-5-12-14-15/h2-3,5,7-8,13H,1,4,6H2,(H,11,16). The van der Waals surface area contributed by atoms with Crippen molar-refractivity contribution in [1.82, 2.24) is 24.7 Å². The predicted molar refractivity (Wildman–Crippen MR) is 66.9 cm³/mol. The first-order chi connectivity index (χ1) is 9.08. The first kappa shape index (κ1) is 13.4. The van der Waals surface area contributed by atoms with Gasteiger partial charge >= 0.3 is 0 Å². The summed E-state index contributed by atoms with van der Waals surface area (Å²) >= 11 is 0. The summed E-state index contributed by atoms with van der Waals surface area (Å²) in [7, 11) is -3.58. The fraction of sp³-hybridized carbons (Fsp3) is 0.300. The molecule has 0 amide bonds. The van der Waals surface area contributed by atoms with Gasteiger partial charge in [-0.05, 0) is 12.5 Å². The molecule has 102 valence electrons. The summed E-state index contributed by atoms with van der Waals surface area (Å²) in [5, 5.41) is 7.41. The van der Waals surface area contributed by atoms with E-state index >= 15 is 0 Å². The van der Waals surface area contributed by atoms with Crippen LogP contribution in [0, 0.1) is 0 Å². The van der Waals surface area contributed by atoms with Crippen LogP contribution < -0.4 is 10.3 Å². The molecule has 2 heterocycles. The first-order valence-corrected chi connectivity index (χ1v) is 7.09. The molecule has 0 aliphatic rings. The number of nitrogens with one attached hydrogen (secondary N) is 2. The number of aryl methyl sites for hydroxylation is 1. The topological polar surface area (TPSA) is 110 Å². The van der Waals surface area contributed by atoms with Crippen molar-refractivity contribution in [3.8, 4) is 0 Å². The van der Waals surface area contributed by atoms with Crippen molar-refractivity contribution in [3.63, 3.8) is 0 Å². The van der Waals surface area contributed by atoms with Crippen LogP contribution in [-0.4, -0.2) is 34.9 Å². The summed E-state index contributed by atoms with van der Waals surface area (Å²) in [4.78, 5) is 13.2. The van der Waals surface area contributed by atoms with Crippen LogP contribution in [0.15, 0.2) is 40.4 Å². The normalized spacial score (nSPS) is 11.6. The highest BCUT2D eigenvalue weighted by atomic mass is 32.2. The third-order valence-electron chi connectivity index (χ3n) is 2.39. The Morgan fingerprint density at radius 3 is 2.84 bits per heavy atom. The summed E-state index contributed by atoms with van der Waals surface area (Å²) in [5.74, 6) is 0. The van der Waals surface area contributed by atoms with Crippen molar-refractivity contribution in [3.05, 3.63) is 41.1 Å². The van der Waals surface area contributed by atoms with Crippen LogP contribution in [0.3, 0.4) is 0 Å². The second-order valence-electron chi connectivity index (χ2n) is 3.81. The van der Waals surface area contributed by atoms with Gasteiger partial charge in [0.05, 0.1) is 11.1 Å². The molecule has 0 fully saturated rings. The van der Waals surface area contributed by atoms with Crippen molar-refractivity contribution in [2.24, 2.45) is 0 Å². The minimum atomic E-state index is -3.58. The maximum Gasteiger partial charge on any atom is 0.247 e. The van der Waals surface area contributed by atoms with Crippen LogP contribution >= 0.6 is 0 Å². The maximum absolute atomic E-state index is 11.8. The molecular weight excluding hydrogens is 270 g/mol. The van der Waals surface area contributed by atoms with E-state index in [0.717, 1.165) is 0 Å². The highest BCUT2D eigenvalue weighted by molar-refractivity contribution is 7.89. The van der Waals surface area contributed by atoms with E-state index in [1.165, 1.54) is 18.3 Å². The SMILES string of the molecule is O=c1ccc(S(=O)(=O)NCCCn2ccnn2)c[nH]1. The fourth-order valence-corrected chi connectivity index (χ4v) is 2.49. The highest BCUT2D eigenvalue weighted by Crippen LogP contribution is 2.03. The van der Waals surface area contributed by atoms with E-state index < -0.39 is 10.0 Å². The Kier molecular flexibility index (Phi) is 4.07. The Hall–Kier alpha value is -2.00. The van der Waals surface area contributed by atoms with Crippen LogP contribution in [0.4, 0.5) is 0 Å². The molecule has 2 N–H and O–H groups in total. The van der Waals surface area contributed by atoms with Gasteiger partial charge in [0, 0.05) is 31.5 Å². The zero-order valence-electron chi connectivity index (χ0n) is 9.98. The van der Waals surface area contributed by atoms with Crippen LogP contribution in [-0.2, 0) is 16.6 Å². The lowest BCUT2D eigenvalue weighted by Crippen LogP contribution is -2.26. The number of hydrogen-bond donors (Lipinski definition) is 2. The molecule has 2 aromatic heterocycles. The summed E-state index contributed by atoms with van der Waals surface area (Å²) in [6, 6.07) is 2.43. The van der Waals surface area contributed by atoms with E-state index in [1.54, 1.807) is 17.1 Å². The number of pyridine rings is 1. The van der Waals surface area contributed by atoms with Gasteiger partial charge in [-0.15, -0.1) is 5.10 Å². The number of aromatic amines is 1. The molecule has 0 unspecified atom stereocenters. The Labute approximate surface area is 109 Å². The van der Waals surface area contributed by atoms with Crippen molar-refractivity contribution in [2.45, 2.75) is 17.9 Å². The molecule has 0 spiro atoms. The molecule has 0 bridgehead atoms. The molecule has 0 aromatic carbocycles. The zero-order chi connectivity index (χ0) is 13.7. The van der Waals surface area contributed by atoms with E-state index in [1.807, 2.05) is 0 Å². The number of aromatic nitrogens is 4. The summed E-state index contributed by atoms with van der Waals surface area (Å²) < 4.78 is 27.7. The van der Waals surface area contributed by atoms with Gasteiger partial charge in [0.15, 0.2) is 0 Å². The van der Waals surface area contributed by atoms with Crippen molar-refractivity contribution in [2.75, 3.05) is 6.54 Å². The Bertz CT molecular complexity index is 657. The lowest BCUT2D eigenvalue weighted by atomic mass is 10.4. The second-order valence-corrected chi connectivity index (χ2v) is 5.57. The molecule has 0 saturated heterocycles. The smallest absolute Gasteiger partial charge is 0.247 e. The van der Waals surface area contributed by atoms with Gasteiger partial charge in [0.2, 0.25) is 15.6 Å². The van der Waals surface area contributed by atoms with Crippen molar-refractivity contribution < 1.29 is 8.42 Å². The van der Waals surface area contributed by atoms with E-state index in [0.29, 0.717) is 13.0 Å². The number of sulfonamides is 1. The van der Waals surface area contributed by atoms with E-state index in [-0.39, 0.29) is 17.0 Å². The quantitative estimate of drug-likeness (QED) is 0.684. The first-order valence-electron chi connectivity index (χ1n) is 5.60. The van der Waals surface area contributed by atoms with E-state index in [9.17, 15) is 13.2 Å². The monoisotopic (exact) mass is 283 g/mol. The molecule has 19 heavy (non-hydrogen) atoms. The molecule has 0 aliphatic carbocycles. The third kappa shape index (κ3) is 3.73. The number of rotatable bonds is 6. The Morgan fingerprint density at radius 2 is 2.21 bits per heavy atom. The molecule has 2 rings (SSSR count). The zero-order valence-corrected chi connectivity index (χ0v) is 10.8. The summed E-state index contributed by atoms with van der Waals surface area (Å²) in [6.45, 7) is 0.857.